The zero-order valence-electron chi connectivity index (χ0n) is 12.1. The zero-order valence-corrected chi connectivity index (χ0v) is 12.1. The fraction of sp³-hybridized carbons (Fsp3) is 0.562. The first-order valence-electron chi connectivity index (χ1n) is 7.40. The standard InChI is InChI=1S/C16H23NO3/c1-2-8-15(19-13-14-9-4-3-5-10-14)20-16(18)17-11-6-7-12-17/h3-5,9-10,15H,2,6-8,11-13H2,1H3. The second-order valence-electron chi connectivity index (χ2n) is 5.09. The van der Waals surface area contributed by atoms with E-state index in [1.807, 2.05) is 30.3 Å². The number of likely N-dealkylation sites (tertiary alicyclic amines) is 1. The summed E-state index contributed by atoms with van der Waals surface area (Å²) in [4.78, 5) is 13.7. The van der Waals surface area contributed by atoms with Gasteiger partial charge < -0.3 is 14.4 Å². The van der Waals surface area contributed by atoms with Crippen LogP contribution < -0.4 is 0 Å². The van der Waals surface area contributed by atoms with Crippen molar-refractivity contribution in [3.8, 4) is 0 Å². The molecule has 4 nitrogen and oxygen atoms in total. The molecule has 1 aromatic carbocycles. The van der Waals surface area contributed by atoms with Gasteiger partial charge in [0.2, 0.25) is 6.29 Å². The van der Waals surface area contributed by atoms with Crippen LogP contribution in [0.25, 0.3) is 0 Å². The van der Waals surface area contributed by atoms with Crippen LogP contribution in [0.15, 0.2) is 30.3 Å². The normalized spacial score (nSPS) is 16.1. The quantitative estimate of drug-likeness (QED) is 0.746. The molecule has 2 rings (SSSR count). The number of carbonyl (C=O) groups is 1. The van der Waals surface area contributed by atoms with Gasteiger partial charge in [0.05, 0.1) is 6.61 Å². The highest BCUT2D eigenvalue weighted by Crippen LogP contribution is 2.14. The smallest absolute Gasteiger partial charge is 0.412 e. The van der Waals surface area contributed by atoms with E-state index < -0.39 is 6.29 Å². The van der Waals surface area contributed by atoms with Crippen molar-refractivity contribution in [2.24, 2.45) is 0 Å². The number of nitrogens with zero attached hydrogens (tertiary/aromatic N) is 1. The van der Waals surface area contributed by atoms with E-state index in [1.54, 1.807) is 4.90 Å². The Morgan fingerprint density at radius 1 is 1.25 bits per heavy atom. The van der Waals surface area contributed by atoms with E-state index in [0.29, 0.717) is 6.61 Å². The summed E-state index contributed by atoms with van der Waals surface area (Å²) in [6, 6.07) is 9.94. The summed E-state index contributed by atoms with van der Waals surface area (Å²) < 4.78 is 11.2. The Balaban J connectivity index is 1.81. The number of carbonyl (C=O) groups excluding carboxylic acids is 1. The lowest BCUT2D eigenvalue weighted by molar-refractivity contribution is -0.122. The van der Waals surface area contributed by atoms with Gasteiger partial charge in [-0.25, -0.2) is 4.79 Å². The molecule has 1 aromatic rings. The molecule has 0 aromatic heterocycles. The second kappa shape index (κ2) is 7.90. The maximum absolute atomic E-state index is 12.0. The van der Waals surface area contributed by atoms with E-state index in [2.05, 4.69) is 6.92 Å². The largest absolute Gasteiger partial charge is 0.419 e. The highest BCUT2D eigenvalue weighted by Gasteiger charge is 2.22. The molecule has 1 amide bonds. The fourth-order valence-corrected chi connectivity index (χ4v) is 2.26. The molecule has 1 atom stereocenters. The molecule has 0 N–H and O–H groups in total. The third-order valence-electron chi connectivity index (χ3n) is 3.40. The number of ether oxygens (including phenoxy) is 2. The molecular formula is C16H23NO3. The average Bonchev–Trinajstić information content (AvgIpc) is 3.00. The van der Waals surface area contributed by atoms with Gasteiger partial charge in [-0.05, 0) is 18.4 Å². The van der Waals surface area contributed by atoms with Crippen molar-refractivity contribution >= 4 is 6.09 Å². The fourth-order valence-electron chi connectivity index (χ4n) is 2.26. The Labute approximate surface area is 120 Å². The van der Waals surface area contributed by atoms with Gasteiger partial charge in [-0.15, -0.1) is 0 Å². The highest BCUT2D eigenvalue weighted by atomic mass is 16.7. The van der Waals surface area contributed by atoms with Gasteiger partial charge in [0.1, 0.15) is 0 Å². The maximum Gasteiger partial charge on any atom is 0.412 e. The van der Waals surface area contributed by atoms with Crippen LogP contribution in [-0.2, 0) is 16.1 Å². The molecule has 4 heteroatoms. The van der Waals surface area contributed by atoms with Crippen LogP contribution in [0.5, 0.6) is 0 Å². The van der Waals surface area contributed by atoms with Gasteiger partial charge >= 0.3 is 6.09 Å². The summed E-state index contributed by atoms with van der Waals surface area (Å²) in [5.41, 5.74) is 1.09. The minimum atomic E-state index is -0.451. The number of rotatable bonds is 6. The third kappa shape index (κ3) is 4.53. The predicted molar refractivity (Wildman–Crippen MR) is 77.2 cm³/mol. The van der Waals surface area contributed by atoms with Crippen LogP contribution in [0.4, 0.5) is 4.79 Å². The topological polar surface area (TPSA) is 38.8 Å². The molecule has 0 saturated carbocycles. The molecule has 1 aliphatic rings. The van der Waals surface area contributed by atoms with Crippen molar-refractivity contribution in [1.82, 2.24) is 4.90 Å². The minimum Gasteiger partial charge on any atom is -0.419 e. The van der Waals surface area contributed by atoms with E-state index >= 15 is 0 Å². The lowest BCUT2D eigenvalue weighted by atomic mass is 10.2. The maximum atomic E-state index is 12.0. The summed E-state index contributed by atoms with van der Waals surface area (Å²) in [6.07, 6.45) is 3.10. The first-order chi connectivity index (χ1) is 9.79. The monoisotopic (exact) mass is 277 g/mol. The molecule has 0 bridgehead atoms. The van der Waals surface area contributed by atoms with Crippen molar-refractivity contribution in [1.29, 1.82) is 0 Å². The van der Waals surface area contributed by atoms with E-state index in [9.17, 15) is 4.79 Å². The van der Waals surface area contributed by atoms with Crippen molar-refractivity contribution in [2.45, 2.75) is 45.5 Å². The average molecular weight is 277 g/mol. The summed E-state index contributed by atoms with van der Waals surface area (Å²) in [6.45, 7) is 4.13. The summed E-state index contributed by atoms with van der Waals surface area (Å²) in [7, 11) is 0. The van der Waals surface area contributed by atoms with Crippen molar-refractivity contribution in [3.63, 3.8) is 0 Å². The second-order valence-corrected chi connectivity index (χ2v) is 5.09. The van der Waals surface area contributed by atoms with E-state index in [0.717, 1.165) is 44.3 Å². The van der Waals surface area contributed by atoms with Crippen LogP contribution >= 0.6 is 0 Å². The van der Waals surface area contributed by atoms with Crippen LogP contribution in [0.3, 0.4) is 0 Å². The highest BCUT2D eigenvalue weighted by molar-refractivity contribution is 5.67. The first kappa shape index (κ1) is 14.9. The van der Waals surface area contributed by atoms with Crippen LogP contribution in [-0.4, -0.2) is 30.4 Å². The molecule has 1 heterocycles. The molecule has 20 heavy (non-hydrogen) atoms. The molecule has 1 fully saturated rings. The Kier molecular flexibility index (Phi) is 5.87. The van der Waals surface area contributed by atoms with Crippen LogP contribution in [0.1, 0.15) is 38.2 Å². The predicted octanol–water partition coefficient (Wildman–Crippen LogP) is 3.56. The molecule has 0 aliphatic carbocycles. The molecule has 1 saturated heterocycles. The van der Waals surface area contributed by atoms with E-state index in [-0.39, 0.29) is 6.09 Å². The number of benzene rings is 1. The third-order valence-corrected chi connectivity index (χ3v) is 3.40. The SMILES string of the molecule is CCCC(OCc1ccccc1)OC(=O)N1CCCC1. The molecule has 0 spiro atoms. The van der Waals surface area contributed by atoms with Gasteiger partial charge in [0.15, 0.2) is 0 Å². The van der Waals surface area contributed by atoms with E-state index in [1.165, 1.54) is 0 Å². The van der Waals surface area contributed by atoms with E-state index in [4.69, 9.17) is 9.47 Å². The minimum absolute atomic E-state index is 0.242. The Bertz CT molecular complexity index is 401. The summed E-state index contributed by atoms with van der Waals surface area (Å²) in [5.74, 6) is 0. The van der Waals surface area contributed by atoms with Crippen molar-refractivity contribution < 1.29 is 14.3 Å². The van der Waals surface area contributed by atoms with Gasteiger partial charge in [-0.2, -0.15) is 0 Å². The molecule has 1 unspecified atom stereocenters. The van der Waals surface area contributed by atoms with Gasteiger partial charge in [0.25, 0.3) is 0 Å². The first-order valence-corrected chi connectivity index (χ1v) is 7.40. The van der Waals surface area contributed by atoms with Gasteiger partial charge in [-0.3, -0.25) is 0 Å². The van der Waals surface area contributed by atoms with Crippen LogP contribution in [0, 0.1) is 0 Å². The molecular weight excluding hydrogens is 254 g/mol. The lowest BCUT2D eigenvalue weighted by Gasteiger charge is -2.22. The number of hydrogen-bond acceptors (Lipinski definition) is 3. The summed E-state index contributed by atoms with van der Waals surface area (Å²) in [5, 5.41) is 0. The van der Waals surface area contributed by atoms with Crippen molar-refractivity contribution in [3.05, 3.63) is 35.9 Å². The Morgan fingerprint density at radius 3 is 2.60 bits per heavy atom. The van der Waals surface area contributed by atoms with Crippen molar-refractivity contribution in [2.75, 3.05) is 13.1 Å². The lowest BCUT2D eigenvalue weighted by Crippen LogP contribution is -2.33. The number of amides is 1. The Hall–Kier alpha value is -1.55. The zero-order chi connectivity index (χ0) is 14.2. The van der Waals surface area contributed by atoms with Gasteiger partial charge in [-0.1, -0.05) is 43.7 Å². The van der Waals surface area contributed by atoms with Gasteiger partial charge in [0, 0.05) is 19.5 Å². The molecule has 110 valence electrons. The number of hydrogen-bond donors (Lipinski definition) is 0. The molecule has 1 aliphatic heterocycles. The van der Waals surface area contributed by atoms with Crippen LogP contribution in [0.2, 0.25) is 0 Å². The summed E-state index contributed by atoms with van der Waals surface area (Å²) >= 11 is 0. The molecule has 0 radical (unpaired) electrons. The Morgan fingerprint density at radius 2 is 1.95 bits per heavy atom.